The van der Waals surface area contributed by atoms with Crippen molar-refractivity contribution < 1.29 is 13.3 Å². The highest BCUT2D eigenvalue weighted by molar-refractivity contribution is 7.85. The van der Waals surface area contributed by atoms with Crippen LogP contribution in [0.5, 0.6) is 0 Å². The Kier molecular flexibility index (Phi) is 5.12. The van der Waals surface area contributed by atoms with Crippen molar-refractivity contribution in [1.29, 1.82) is 0 Å². The van der Waals surface area contributed by atoms with E-state index in [1.54, 1.807) is 0 Å². The standard InChI is InChI=1S/C14H21FN2O2S/c1-10(2)17-5-6-19-12(8-17)9-20(18)14-4-3-11(15)7-13(14)16/h3-4,7,10,12H,5-6,8-9,16H2,1-2H3. The molecule has 1 heterocycles. The summed E-state index contributed by atoms with van der Waals surface area (Å²) in [6.45, 7) is 6.59. The first-order chi connectivity index (χ1) is 9.47. The maximum Gasteiger partial charge on any atom is 0.125 e. The van der Waals surface area contributed by atoms with E-state index >= 15 is 0 Å². The Morgan fingerprint density at radius 3 is 2.95 bits per heavy atom. The van der Waals surface area contributed by atoms with Gasteiger partial charge in [0.15, 0.2) is 0 Å². The molecule has 0 aliphatic carbocycles. The molecule has 1 aliphatic rings. The third-order valence-electron chi connectivity index (χ3n) is 3.45. The van der Waals surface area contributed by atoms with E-state index in [9.17, 15) is 8.60 Å². The first-order valence-corrected chi connectivity index (χ1v) is 8.08. The summed E-state index contributed by atoms with van der Waals surface area (Å²) in [7, 11) is -1.27. The van der Waals surface area contributed by atoms with Crippen molar-refractivity contribution in [1.82, 2.24) is 4.90 Å². The molecule has 0 saturated carbocycles. The van der Waals surface area contributed by atoms with Crippen molar-refractivity contribution in [3.8, 4) is 0 Å². The normalized spacial score (nSPS) is 22.1. The Morgan fingerprint density at radius 2 is 2.30 bits per heavy atom. The molecule has 112 valence electrons. The van der Waals surface area contributed by atoms with Crippen molar-refractivity contribution in [2.24, 2.45) is 0 Å². The molecule has 2 unspecified atom stereocenters. The Hall–Kier alpha value is -0.980. The summed E-state index contributed by atoms with van der Waals surface area (Å²) >= 11 is 0. The lowest BCUT2D eigenvalue weighted by Crippen LogP contribution is -2.47. The molecular weight excluding hydrogens is 279 g/mol. The number of nitrogen functional groups attached to an aromatic ring is 1. The topological polar surface area (TPSA) is 55.6 Å². The van der Waals surface area contributed by atoms with Gasteiger partial charge in [-0.3, -0.25) is 9.11 Å². The lowest BCUT2D eigenvalue weighted by molar-refractivity contribution is -0.0268. The predicted octanol–water partition coefficient (Wildman–Crippen LogP) is 1.62. The molecule has 4 nitrogen and oxygen atoms in total. The van der Waals surface area contributed by atoms with Crippen LogP contribution < -0.4 is 5.73 Å². The molecule has 1 saturated heterocycles. The van der Waals surface area contributed by atoms with E-state index in [1.165, 1.54) is 18.2 Å². The number of morpholine rings is 1. The first-order valence-electron chi connectivity index (χ1n) is 6.76. The van der Waals surface area contributed by atoms with E-state index in [2.05, 4.69) is 18.7 Å². The summed E-state index contributed by atoms with van der Waals surface area (Å²) in [4.78, 5) is 2.79. The van der Waals surface area contributed by atoms with Crippen LogP contribution >= 0.6 is 0 Å². The van der Waals surface area contributed by atoms with Crippen LogP contribution in [-0.4, -0.2) is 46.7 Å². The molecule has 1 aliphatic heterocycles. The number of rotatable bonds is 4. The third kappa shape index (κ3) is 3.77. The zero-order valence-electron chi connectivity index (χ0n) is 11.8. The van der Waals surface area contributed by atoms with Gasteiger partial charge in [-0.15, -0.1) is 0 Å². The fourth-order valence-electron chi connectivity index (χ4n) is 2.30. The number of nitrogens with two attached hydrogens (primary N) is 1. The summed E-state index contributed by atoms with van der Waals surface area (Å²) < 4.78 is 31.0. The van der Waals surface area contributed by atoms with Crippen LogP contribution in [0.15, 0.2) is 23.1 Å². The van der Waals surface area contributed by atoms with E-state index in [4.69, 9.17) is 10.5 Å². The molecule has 0 aromatic heterocycles. The molecule has 0 amide bonds. The van der Waals surface area contributed by atoms with Gasteiger partial charge < -0.3 is 10.5 Å². The summed E-state index contributed by atoms with van der Waals surface area (Å²) in [5, 5.41) is 0. The number of nitrogens with zero attached hydrogens (tertiary/aromatic N) is 1. The largest absolute Gasteiger partial charge is 0.398 e. The van der Waals surface area contributed by atoms with E-state index in [0.29, 0.717) is 23.3 Å². The highest BCUT2D eigenvalue weighted by atomic mass is 32.2. The second-order valence-corrected chi connectivity index (χ2v) is 6.74. The molecule has 1 aromatic carbocycles. The smallest absolute Gasteiger partial charge is 0.125 e. The quantitative estimate of drug-likeness (QED) is 0.859. The Balaban J connectivity index is 2.00. The fourth-order valence-corrected chi connectivity index (χ4v) is 3.56. The summed E-state index contributed by atoms with van der Waals surface area (Å²) in [5.41, 5.74) is 5.95. The van der Waals surface area contributed by atoms with Crippen LogP contribution in [0.2, 0.25) is 0 Å². The minimum Gasteiger partial charge on any atom is -0.398 e. The van der Waals surface area contributed by atoms with Crippen LogP contribution in [0.25, 0.3) is 0 Å². The third-order valence-corrected chi connectivity index (χ3v) is 4.99. The maximum absolute atomic E-state index is 13.0. The number of ether oxygens (including phenoxy) is 1. The molecule has 1 fully saturated rings. The van der Waals surface area contributed by atoms with Crippen LogP contribution in [0.1, 0.15) is 13.8 Å². The van der Waals surface area contributed by atoms with Crippen LogP contribution in [0, 0.1) is 5.82 Å². The van der Waals surface area contributed by atoms with Crippen molar-refractivity contribution in [2.75, 3.05) is 31.2 Å². The van der Waals surface area contributed by atoms with Gasteiger partial charge >= 0.3 is 0 Å². The molecule has 0 bridgehead atoms. The van der Waals surface area contributed by atoms with Crippen LogP contribution in [0.3, 0.4) is 0 Å². The van der Waals surface area contributed by atoms with E-state index in [1.807, 2.05) is 0 Å². The second kappa shape index (κ2) is 6.65. The summed E-state index contributed by atoms with van der Waals surface area (Å²) in [6, 6.07) is 4.43. The zero-order chi connectivity index (χ0) is 14.7. The van der Waals surface area contributed by atoms with Gasteiger partial charge in [0.05, 0.1) is 39.8 Å². The number of halogens is 1. The van der Waals surface area contributed by atoms with Gasteiger partial charge in [-0.2, -0.15) is 0 Å². The minimum absolute atomic E-state index is 0.0727. The Bertz CT molecular complexity index is 496. The molecular formula is C14H21FN2O2S. The summed E-state index contributed by atoms with van der Waals surface area (Å²) in [5.74, 6) is -0.0258. The van der Waals surface area contributed by atoms with Crippen molar-refractivity contribution in [2.45, 2.75) is 30.9 Å². The molecule has 20 heavy (non-hydrogen) atoms. The molecule has 0 radical (unpaired) electrons. The maximum atomic E-state index is 13.0. The molecule has 1 aromatic rings. The van der Waals surface area contributed by atoms with Gasteiger partial charge in [0.2, 0.25) is 0 Å². The van der Waals surface area contributed by atoms with Crippen LogP contribution in [0.4, 0.5) is 10.1 Å². The average molecular weight is 300 g/mol. The first kappa shape index (κ1) is 15.4. The number of hydrogen-bond donors (Lipinski definition) is 1. The van der Waals surface area contributed by atoms with Gasteiger partial charge in [-0.25, -0.2) is 4.39 Å². The fraction of sp³-hybridized carbons (Fsp3) is 0.571. The van der Waals surface area contributed by atoms with Gasteiger partial charge in [0.1, 0.15) is 5.82 Å². The van der Waals surface area contributed by atoms with Gasteiger partial charge in [-0.05, 0) is 32.0 Å². The molecule has 6 heteroatoms. The molecule has 2 N–H and O–H groups in total. The summed E-state index contributed by atoms with van der Waals surface area (Å²) in [6.07, 6.45) is -0.0727. The lowest BCUT2D eigenvalue weighted by Gasteiger charge is -2.35. The number of benzene rings is 1. The Labute approximate surface area is 121 Å². The van der Waals surface area contributed by atoms with E-state index < -0.39 is 16.6 Å². The van der Waals surface area contributed by atoms with Crippen molar-refractivity contribution in [3.05, 3.63) is 24.0 Å². The molecule has 0 spiro atoms. The lowest BCUT2D eigenvalue weighted by atomic mass is 10.2. The second-order valence-electron chi connectivity index (χ2n) is 5.28. The molecule has 2 atom stereocenters. The zero-order valence-corrected chi connectivity index (χ0v) is 12.7. The highest BCUT2D eigenvalue weighted by Gasteiger charge is 2.24. The minimum atomic E-state index is -1.27. The van der Waals surface area contributed by atoms with E-state index in [-0.39, 0.29) is 11.8 Å². The predicted molar refractivity (Wildman–Crippen MR) is 78.5 cm³/mol. The monoisotopic (exact) mass is 300 g/mol. The van der Waals surface area contributed by atoms with Gasteiger partial charge in [0, 0.05) is 19.1 Å². The van der Waals surface area contributed by atoms with Crippen molar-refractivity contribution in [3.63, 3.8) is 0 Å². The Morgan fingerprint density at radius 1 is 1.55 bits per heavy atom. The van der Waals surface area contributed by atoms with Gasteiger partial charge in [-0.1, -0.05) is 0 Å². The SMILES string of the molecule is CC(C)N1CCOC(CS(=O)c2ccc(F)cc2N)C1. The van der Waals surface area contributed by atoms with Crippen LogP contribution in [-0.2, 0) is 15.5 Å². The van der Waals surface area contributed by atoms with E-state index in [0.717, 1.165) is 13.1 Å². The van der Waals surface area contributed by atoms with Crippen molar-refractivity contribution >= 4 is 16.5 Å². The average Bonchev–Trinajstić information content (AvgIpc) is 2.38. The molecule has 2 rings (SSSR count). The highest BCUT2D eigenvalue weighted by Crippen LogP contribution is 2.20. The van der Waals surface area contributed by atoms with Gasteiger partial charge in [0.25, 0.3) is 0 Å². The number of anilines is 1. The number of hydrogen-bond acceptors (Lipinski definition) is 4.